The molecule has 6 aromatic heterocycles. The fourth-order valence-electron chi connectivity index (χ4n) is 17.2. The van der Waals surface area contributed by atoms with E-state index in [0.717, 1.165) is 222 Å². The van der Waals surface area contributed by atoms with Gasteiger partial charge in [-0.2, -0.15) is 0 Å². The van der Waals surface area contributed by atoms with Gasteiger partial charge in [-0.15, -0.1) is 11.3 Å². The van der Waals surface area contributed by atoms with E-state index in [1.54, 1.807) is 62.4 Å². The number of piperidine rings is 4. The maximum absolute atomic E-state index is 13.4. The number of aromatic nitrogens is 6. The zero-order valence-corrected chi connectivity index (χ0v) is 83.0. The predicted octanol–water partition coefficient (Wildman–Crippen LogP) is 18.8. The lowest BCUT2D eigenvalue weighted by Gasteiger charge is -2.39. The molecule has 8 N–H and O–H groups in total. The Balaban J connectivity index is 0.000000141. The number of ether oxygens (including phenoxy) is 6. The van der Waals surface area contributed by atoms with E-state index in [9.17, 15) is 28.8 Å². The number of hydrogen-bond donors (Lipinski definition) is 6. The second-order valence-electron chi connectivity index (χ2n) is 37.3. The van der Waals surface area contributed by atoms with E-state index in [1.807, 2.05) is 65.2 Å². The molecule has 0 spiro atoms. The number of thiazole rings is 4. The summed E-state index contributed by atoms with van der Waals surface area (Å²) in [6.07, 6.45) is 16.1. The fourth-order valence-corrected chi connectivity index (χ4v) is 21.6. The molecule has 132 heavy (non-hydrogen) atoms. The van der Waals surface area contributed by atoms with Crippen LogP contribution in [0.1, 0.15) is 211 Å². The molecule has 8 aliphatic rings. The lowest BCUT2D eigenvalue weighted by molar-refractivity contribution is -0.147. The first-order valence-electron chi connectivity index (χ1n) is 46.5. The Hall–Kier alpha value is -9.56. The van der Waals surface area contributed by atoms with Gasteiger partial charge in [0, 0.05) is 78.2 Å². The van der Waals surface area contributed by atoms with E-state index in [2.05, 4.69) is 162 Å². The third kappa shape index (κ3) is 27.6. The average molecular weight is 1950 g/mol. The number of benzene rings is 4. The summed E-state index contributed by atoms with van der Waals surface area (Å²) in [5, 5.41) is 20.1. The molecule has 8 aliphatic heterocycles. The smallest absolute Gasteiger partial charge is 0.410 e. The van der Waals surface area contributed by atoms with Crippen molar-refractivity contribution >= 4 is 176 Å². The van der Waals surface area contributed by atoms with Crippen molar-refractivity contribution in [3.63, 3.8) is 0 Å². The number of likely N-dealkylation sites (tertiary alicyclic amines) is 3. The number of carbonyl (C=O) groups excluding carboxylic acids is 5. The van der Waals surface area contributed by atoms with Crippen LogP contribution in [0, 0.1) is 23.7 Å². The molecule has 712 valence electrons. The van der Waals surface area contributed by atoms with E-state index in [4.69, 9.17) is 59.9 Å². The van der Waals surface area contributed by atoms with Crippen LogP contribution in [0.4, 0.5) is 48.0 Å². The molecule has 4 aromatic carbocycles. The Morgan fingerprint density at radius 1 is 0.462 bits per heavy atom. The van der Waals surface area contributed by atoms with E-state index in [-0.39, 0.29) is 30.3 Å². The number of pyridine rings is 2. The van der Waals surface area contributed by atoms with Gasteiger partial charge in [-0.05, 0) is 265 Å². The highest BCUT2D eigenvalue weighted by atomic mass is 79.9. The molecule has 0 radical (unpaired) electrons. The predicted molar refractivity (Wildman–Crippen MR) is 531 cm³/mol. The number of aliphatic carboxylic acids is 1. The van der Waals surface area contributed by atoms with Crippen molar-refractivity contribution in [2.75, 3.05) is 155 Å². The first kappa shape index (κ1) is 99.9. The number of aryl methyl sites for hydroxylation is 2. The topological polar surface area (TPSA) is 363 Å². The largest absolute Gasteiger partial charge is 0.474 e. The van der Waals surface area contributed by atoms with Crippen molar-refractivity contribution in [3.8, 4) is 0 Å². The summed E-state index contributed by atoms with van der Waals surface area (Å²) in [5.74, 6) is -0.923. The number of hydrogen-bond acceptors (Lipinski definition) is 28. The van der Waals surface area contributed by atoms with Crippen molar-refractivity contribution < 1.29 is 62.3 Å². The lowest BCUT2D eigenvalue weighted by atomic mass is 9.89. The van der Waals surface area contributed by atoms with Crippen LogP contribution in [0.25, 0.3) is 40.9 Å². The maximum Gasteiger partial charge on any atom is 0.410 e. The second kappa shape index (κ2) is 46.6. The minimum Gasteiger partial charge on any atom is -0.474 e. The van der Waals surface area contributed by atoms with Gasteiger partial charge in [0.1, 0.15) is 22.8 Å². The number of amides is 5. The molecule has 14 heterocycles. The van der Waals surface area contributed by atoms with Crippen LogP contribution >= 0.6 is 61.3 Å². The Bertz CT molecular complexity index is 5540. The fraction of sp³-hybridized carbons (Fsp3) is 0.546. The van der Waals surface area contributed by atoms with Crippen LogP contribution in [-0.4, -0.2) is 215 Å². The molecule has 8 atom stereocenters. The summed E-state index contributed by atoms with van der Waals surface area (Å²) in [6.45, 7) is 39.2. The summed E-state index contributed by atoms with van der Waals surface area (Å²) in [4.78, 5) is 113. The van der Waals surface area contributed by atoms with Gasteiger partial charge in [-0.3, -0.25) is 14.4 Å². The van der Waals surface area contributed by atoms with Gasteiger partial charge in [-0.25, -0.2) is 44.3 Å². The molecular formula is C97H130BrN17O13S4. The first-order chi connectivity index (χ1) is 63.3. The Kier molecular flexibility index (Phi) is 35.3. The minimum atomic E-state index is -1.54. The number of carboxylic acid groups (broad SMARTS) is 1. The number of nitrogens with one attached hydrogen (secondary N) is 3. The van der Waals surface area contributed by atoms with Gasteiger partial charge in [0.15, 0.2) is 19.3 Å². The maximum atomic E-state index is 13.4. The zero-order valence-electron chi connectivity index (χ0n) is 78.2. The molecule has 35 heteroatoms. The highest BCUT2D eigenvalue weighted by Gasteiger charge is 2.39. The number of carbonyl (C=O) groups is 6. The summed E-state index contributed by atoms with van der Waals surface area (Å²) in [5.41, 5.74) is 21.6. The molecule has 5 amide bonds. The summed E-state index contributed by atoms with van der Waals surface area (Å²) < 4.78 is 38.4. The van der Waals surface area contributed by atoms with Crippen molar-refractivity contribution in [2.24, 2.45) is 23.7 Å². The Labute approximate surface area is 798 Å². The number of nitrogens with two attached hydrogens (primary N) is 2. The number of anilines is 7. The van der Waals surface area contributed by atoms with Gasteiger partial charge in [0.05, 0.1) is 122 Å². The third-order valence-electron chi connectivity index (χ3n) is 24.4. The zero-order chi connectivity index (χ0) is 93.9. The molecular weight excluding hydrogens is 1820 g/mol. The molecule has 8 fully saturated rings. The number of carboxylic acids is 1. The number of morpholine rings is 3. The van der Waals surface area contributed by atoms with Crippen LogP contribution in [0.15, 0.2) is 101 Å². The van der Waals surface area contributed by atoms with Crippen molar-refractivity contribution in [1.82, 2.24) is 49.9 Å². The van der Waals surface area contributed by atoms with Crippen LogP contribution in [0.3, 0.4) is 0 Å². The van der Waals surface area contributed by atoms with Crippen molar-refractivity contribution in [2.45, 2.75) is 202 Å². The van der Waals surface area contributed by atoms with Gasteiger partial charge in [-0.1, -0.05) is 99.8 Å². The van der Waals surface area contributed by atoms with E-state index in [0.29, 0.717) is 79.4 Å². The molecule has 8 saturated heterocycles. The quantitative estimate of drug-likeness (QED) is 0.0655. The van der Waals surface area contributed by atoms with E-state index >= 15 is 0 Å². The molecule has 0 saturated carbocycles. The van der Waals surface area contributed by atoms with Crippen molar-refractivity contribution in [1.29, 1.82) is 0 Å². The van der Waals surface area contributed by atoms with Gasteiger partial charge in [0.2, 0.25) is 0 Å². The summed E-state index contributed by atoms with van der Waals surface area (Å²) >= 11 is 10.3. The van der Waals surface area contributed by atoms with Crippen LogP contribution < -0.4 is 42.1 Å². The monoisotopic (exact) mass is 1950 g/mol. The molecule has 0 aliphatic carbocycles. The molecule has 10 aromatic rings. The molecule has 18 rings (SSSR count). The highest BCUT2D eigenvalue weighted by Crippen LogP contribution is 2.43. The number of nitrogens with zero attached hydrogens (tertiary/aromatic N) is 12. The number of halogens is 1. The van der Waals surface area contributed by atoms with Gasteiger partial charge < -0.3 is 90.3 Å². The van der Waals surface area contributed by atoms with Crippen LogP contribution in [0.2, 0.25) is 0 Å². The highest BCUT2D eigenvalue weighted by molar-refractivity contribution is 9.11. The third-order valence-corrected chi connectivity index (χ3v) is 29.1. The van der Waals surface area contributed by atoms with E-state index < -0.39 is 34.9 Å². The SMILES string of the molecule is C1CCOCC1.CCc1cc(NC(=O)C(=O)N2C[C@@H](C)CC[C@@H]2c2ccc3sc(N4CCOCC4)nc3c2)cnc1N.CCc1cc(NC(=O)C(=O)O)cnc1N.C[C@H]1CC[C@H](c2ccc3sc(Br)nc3c2)N(C(=O)OC(C)(C)C)C1.C[C@H]1CC[C@H](c2ccc3sc(N4CCOCC4)nc3c2)N(C(=O)OC(C)(C)C)C1.C[C@H]1CC[C@H](c2ccc3sc(N4CCOCC4)nc3c2)NC1. The first-order valence-corrected chi connectivity index (χ1v) is 50.6. The van der Waals surface area contributed by atoms with Gasteiger partial charge in [0.25, 0.3) is 0 Å². The van der Waals surface area contributed by atoms with E-state index in [1.165, 1.54) is 59.5 Å². The normalized spacial score (nSPS) is 21.3. The Morgan fingerprint density at radius 3 is 1.18 bits per heavy atom. The van der Waals surface area contributed by atoms with Crippen molar-refractivity contribution in [3.05, 3.63) is 135 Å². The van der Waals surface area contributed by atoms with Crippen LogP contribution in [0.5, 0.6) is 0 Å². The number of fused-ring (bicyclic) bond motifs is 4. The molecule has 0 unspecified atom stereocenters. The number of nitrogen functional groups attached to an aromatic ring is 2. The van der Waals surface area contributed by atoms with Gasteiger partial charge >= 0.3 is 35.9 Å². The number of rotatable bonds is 11. The summed E-state index contributed by atoms with van der Waals surface area (Å²) in [7, 11) is 0. The Morgan fingerprint density at radius 2 is 0.818 bits per heavy atom. The average Bonchev–Trinajstić information content (AvgIpc) is 0.921. The molecule has 30 nitrogen and oxygen atoms in total. The minimum absolute atomic E-state index is 0.0407. The standard InChI is InChI=1S/C26H32N6O3S.C22H31N3O3S.C18H23BrN2O2S.C17H23N3OS.C9H11N3O3.C5H10O/c1-3-17-12-19(14-28-23(17)27)29-24(33)25(34)32-15-16(2)4-6-21(32)18-5-7-22-20(13-18)30-26(36-22)31-8-10-35-11-9-31;1-15-5-7-18(25(14-15)21(26)28-22(2,3)4)16-6-8-19-17(13-16)23-20(29-19)24-9-11-27-12-10-24;1-11-5-7-14(21(10-11)17(22)23-18(2,3)4)12-6-8-15-13(9-12)20-16(19)24-15;1-12-2-4-14(18-11-12)13-3-5-16-15(10-13)19-17(22-16)20-6-8-21-9-7-20;1-2-5-3-6(4-11-7(5)10)12-8(13)9(14)15;1-2-4-6-5-3-1/h5,7,12-14,16,21H,3-4,6,8-11,15H2,1-2H3,(H2,27,28)(H,29,33);6,8,13,15,18H,5,7,9-12,14H2,1-4H3;6,8-9,11,14H,5,7,10H2,1-4H3;3,5,10,12,14,18H,2,4,6-9,11H2,1H3;3-4H,2H2,1H3,(H2,10,11)(H,12,13)(H,14,15);1-5H2/t16-,21+;15-,18+;11-,14+;12-,14+;;/m0000../s1. The lowest BCUT2D eigenvalue weighted by Crippen LogP contribution is -2.46. The summed E-state index contributed by atoms with van der Waals surface area (Å²) in [6, 6.07) is 29.6. The van der Waals surface area contributed by atoms with Crippen LogP contribution in [-0.2, 0) is 60.4 Å². The second-order valence-corrected chi connectivity index (χ2v) is 42.6. The molecule has 0 bridgehead atoms.